The number of rotatable bonds is 2. The van der Waals surface area contributed by atoms with Crippen LogP contribution in [-0.4, -0.2) is 24.5 Å². The van der Waals surface area contributed by atoms with Gasteiger partial charge in [0.15, 0.2) is 11.6 Å². The van der Waals surface area contributed by atoms with Crippen LogP contribution in [0.3, 0.4) is 0 Å². The van der Waals surface area contributed by atoms with Gasteiger partial charge in [0.1, 0.15) is 6.33 Å². The first kappa shape index (κ1) is 10.5. The maximum Gasteiger partial charge on any atom is 0.266 e. The lowest BCUT2D eigenvalue weighted by Gasteiger charge is -2.07. The van der Waals surface area contributed by atoms with Crippen LogP contribution in [0.5, 0.6) is 0 Å². The normalized spacial score (nSPS) is 12.7. The molecule has 0 aromatic carbocycles. The quantitative estimate of drug-likeness (QED) is 0.728. The second-order valence-electron chi connectivity index (χ2n) is 3.47. The third kappa shape index (κ3) is 1.72. The molecular formula is C9H12N6O. The molecule has 2 heterocycles. The number of aromatic nitrogens is 5. The van der Waals surface area contributed by atoms with Crippen molar-refractivity contribution < 1.29 is 0 Å². The van der Waals surface area contributed by atoms with Gasteiger partial charge in [0.25, 0.3) is 5.56 Å². The highest BCUT2D eigenvalue weighted by Gasteiger charge is 2.11. The molecule has 0 radical (unpaired) electrons. The van der Waals surface area contributed by atoms with E-state index >= 15 is 0 Å². The van der Waals surface area contributed by atoms with Gasteiger partial charge in [0, 0.05) is 13.1 Å². The molecule has 7 nitrogen and oxygen atoms in total. The van der Waals surface area contributed by atoms with Gasteiger partial charge in [-0.2, -0.15) is 9.78 Å². The molecule has 16 heavy (non-hydrogen) atoms. The van der Waals surface area contributed by atoms with E-state index in [1.54, 1.807) is 13.1 Å². The standard InChI is InChI=1S/C9H12N6O/c1-6(10)9-11-5-12-15(9)7-3-4-8(16)14(2)13-7/h3-6H,10H2,1-2H3. The van der Waals surface area contributed by atoms with Crippen molar-refractivity contribution in [3.8, 4) is 5.82 Å². The number of aryl methyl sites for hydroxylation is 1. The zero-order valence-electron chi connectivity index (χ0n) is 9.03. The average Bonchev–Trinajstić information content (AvgIpc) is 2.71. The summed E-state index contributed by atoms with van der Waals surface area (Å²) in [5.41, 5.74) is 5.57. The SMILES string of the molecule is CC(N)c1ncnn1-c1ccc(=O)n(C)n1. The Morgan fingerprint density at radius 1 is 1.44 bits per heavy atom. The van der Waals surface area contributed by atoms with Crippen molar-refractivity contribution in [3.05, 3.63) is 34.6 Å². The van der Waals surface area contributed by atoms with Crippen molar-refractivity contribution in [1.29, 1.82) is 0 Å². The van der Waals surface area contributed by atoms with Gasteiger partial charge in [-0.1, -0.05) is 0 Å². The molecule has 0 saturated heterocycles. The van der Waals surface area contributed by atoms with Gasteiger partial charge in [-0.05, 0) is 13.0 Å². The molecule has 0 aliphatic carbocycles. The minimum absolute atomic E-state index is 0.175. The van der Waals surface area contributed by atoms with Gasteiger partial charge in [-0.15, -0.1) is 5.10 Å². The molecule has 2 N–H and O–H groups in total. The Morgan fingerprint density at radius 2 is 2.19 bits per heavy atom. The molecule has 2 aromatic heterocycles. The highest BCUT2D eigenvalue weighted by molar-refractivity contribution is 5.20. The van der Waals surface area contributed by atoms with Gasteiger partial charge in [0.05, 0.1) is 6.04 Å². The highest BCUT2D eigenvalue weighted by atomic mass is 16.1. The fourth-order valence-corrected chi connectivity index (χ4v) is 1.34. The van der Waals surface area contributed by atoms with Crippen LogP contribution < -0.4 is 11.3 Å². The maximum atomic E-state index is 11.2. The number of nitrogens with two attached hydrogens (primary N) is 1. The Bertz CT molecular complexity index is 555. The van der Waals surface area contributed by atoms with Gasteiger partial charge in [-0.3, -0.25) is 4.79 Å². The summed E-state index contributed by atoms with van der Waals surface area (Å²) < 4.78 is 2.76. The average molecular weight is 220 g/mol. The van der Waals surface area contributed by atoms with Crippen molar-refractivity contribution in [2.75, 3.05) is 0 Å². The minimum Gasteiger partial charge on any atom is -0.322 e. The minimum atomic E-state index is -0.249. The van der Waals surface area contributed by atoms with Gasteiger partial charge in [0.2, 0.25) is 0 Å². The molecule has 0 amide bonds. The molecule has 0 fully saturated rings. The molecule has 2 aromatic rings. The first-order valence-electron chi connectivity index (χ1n) is 4.80. The maximum absolute atomic E-state index is 11.2. The summed E-state index contributed by atoms with van der Waals surface area (Å²) in [4.78, 5) is 15.2. The van der Waals surface area contributed by atoms with Crippen molar-refractivity contribution in [2.24, 2.45) is 12.8 Å². The molecule has 0 bridgehead atoms. The van der Waals surface area contributed by atoms with Crippen molar-refractivity contribution >= 4 is 0 Å². The lowest BCUT2D eigenvalue weighted by atomic mass is 10.3. The Balaban J connectivity index is 2.54. The number of hydrogen-bond acceptors (Lipinski definition) is 5. The van der Waals surface area contributed by atoms with E-state index in [2.05, 4.69) is 15.2 Å². The van der Waals surface area contributed by atoms with Crippen molar-refractivity contribution in [1.82, 2.24) is 24.5 Å². The van der Waals surface area contributed by atoms with E-state index in [0.29, 0.717) is 11.6 Å². The van der Waals surface area contributed by atoms with Crippen LogP contribution in [0.15, 0.2) is 23.3 Å². The Morgan fingerprint density at radius 3 is 2.81 bits per heavy atom. The predicted molar refractivity (Wildman–Crippen MR) is 57.0 cm³/mol. The van der Waals surface area contributed by atoms with Crippen LogP contribution in [-0.2, 0) is 7.05 Å². The van der Waals surface area contributed by atoms with E-state index in [1.807, 2.05) is 6.92 Å². The van der Waals surface area contributed by atoms with Crippen LogP contribution in [0.25, 0.3) is 5.82 Å². The fourth-order valence-electron chi connectivity index (χ4n) is 1.34. The molecule has 7 heteroatoms. The molecule has 0 saturated carbocycles. The monoisotopic (exact) mass is 220 g/mol. The molecule has 2 rings (SSSR count). The van der Waals surface area contributed by atoms with Gasteiger partial charge >= 0.3 is 0 Å². The summed E-state index contributed by atoms with van der Waals surface area (Å²) in [6.07, 6.45) is 1.41. The van der Waals surface area contributed by atoms with Crippen molar-refractivity contribution in [2.45, 2.75) is 13.0 Å². The Labute approximate surface area is 91.5 Å². The molecule has 0 aliphatic rings. The highest BCUT2D eigenvalue weighted by Crippen LogP contribution is 2.09. The van der Waals surface area contributed by atoms with Crippen LogP contribution in [0.4, 0.5) is 0 Å². The lowest BCUT2D eigenvalue weighted by molar-refractivity contribution is 0.635. The number of hydrogen-bond donors (Lipinski definition) is 1. The zero-order chi connectivity index (χ0) is 11.7. The molecule has 1 unspecified atom stereocenters. The van der Waals surface area contributed by atoms with Crippen LogP contribution in [0.1, 0.15) is 18.8 Å². The fraction of sp³-hybridized carbons (Fsp3) is 0.333. The van der Waals surface area contributed by atoms with E-state index < -0.39 is 0 Å². The summed E-state index contributed by atoms with van der Waals surface area (Å²) >= 11 is 0. The van der Waals surface area contributed by atoms with E-state index in [4.69, 9.17) is 5.73 Å². The molecule has 1 atom stereocenters. The zero-order valence-corrected chi connectivity index (χ0v) is 9.03. The van der Waals surface area contributed by atoms with Crippen LogP contribution in [0, 0.1) is 0 Å². The third-order valence-electron chi connectivity index (χ3n) is 2.14. The summed E-state index contributed by atoms with van der Waals surface area (Å²) in [5.74, 6) is 1.12. The summed E-state index contributed by atoms with van der Waals surface area (Å²) in [6, 6.07) is 2.76. The topological polar surface area (TPSA) is 91.6 Å². The van der Waals surface area contributed by atoms with Crippen molar-refractivity contribution in [3.63, 3.8) is 0 Å². The smallest absolute Gasteiger partial charge is 0.266 e. The van der Waals surface area contributed by atoms with Crippen LogP contribution >= 0.6 is 0 Å². The summed E-state index contributed by atoms with van der Waals surface area (Å²) in [7, 11) is 1.58. The molecule has 84 valence electrons. The Kier molecular flexibility index (Phi) is 2.53. The molecule has 0 aliphatic heterocycles. The van der Waals surface area contributed by atoms with Crippen LogP contribution in [0.2, 0.25) is 0 Å². The van der Waals surface area contributed by atoms with Gasteiger partial charge in [-0.25, -0.2) is 9.67 Å². The first-order chi connectivity index (χ1) is 7.59. The van der Waals surface area contributed by atoms with Gasteiger partial charge < -0.3 is 5.73 Å². The second kappa shape index (κ2) is 3.86. The molecular weight excluding hydrogens is 208 g/mol. The molecule has 0 spiro atoms. The summed E-state index contributed by atoms with van der Waals surface area (Å²) in [6.45, 7) is 1.81. The second-order valence-corrected chi connectivity index (χ2v) is 3.47. The van der Waals surface area contributed by atoms with E-state index in [9.17, 15) is 4.79 Å². The Hall–Kier alpha value is -2.02. The lowest BCUT2D eigenvalue weighted by Crippen LogP contribution is -2.22. The predicted octanol–water partition coefficient (Wildman–Crippen LogP) is -0.619. The third-order valence-corrected chi connectivity index (χ3v) is 2.14. The van der Waals surface area contributed by atoms with E-state index in [0.717, 1.165) is 0 Å². The number of nitrogens with zero attached hydrogens (tertiary/aromatic N) is 5. The largest absolute Gasteiger partial charge is 0.322 e. The summed E-state index contributed by atoms with van der Waals surface area (Å²) in [5, 5.41) is 8.09. The van der Waals surface area contributed by atoms with E-state index in [-0.39, 0.29) is 11.6 Å². The van der Waals surface area contributed by atoms with E-state index in [1.165, 1.54) is 21.8 Å². The first-order valence-corrected chi connectivity index (χ1v) is 4.80.